The highest BCUT2D eigenvalue weighted by Gasteiger charge is 2.03. The Morgan fingerprint density at radius 2 is 0.805 bits per heavy atom. The summed E-state index contributed by atoms with van der Waals surface area (Å²) in [6.45, 7) is 3.88. The smallest absolute Gasteiger partial charge is 0.118 e. The number of benzene rings is 2. The van der Waals surface area contributed by atoms with Crippen LogP contribution in [0.2, 0.25) is 0 Å². The topological polar surface area (TPSA) is 73.1 Å². The van der Waals surface area contributed by atoms with Gasteiger partial charge in [0.2, 0.25) is 0 Å². The lowest BCUT2D eigenvalue weighted by molar-refractivity contribution is 0.315. The van der Waals surface area contributed by atoms with Crippen LogP contribution in [0, 0.1) is 13.8 Å². The van der Waals surface area contributed by atoms with Crippen LogP contribution in [-0.2, 0) is 12.8 Å². The molecule has 0 amide bonds. The predicted molar refractivity (Wildman–Crippen MR) is 175 cm³/mol. The molecule has 4 heteroatoms. The SMILES string of the molecule is Cc1ccc(CCCCCCCCCCCC(CCCCCCCCCCCc2ccc(C)c(O)c2)=NO)cc1O. The summed E-state index contributed by atoms with van der Waals surface area (Å²) in [5.41, 5.74) is 5.39. The van der Waals surface area contributed by atoms with Crippen LogP contribution in [0.15, 0.2) is 41.6 Å². The van der Waals surface area contributed by atoms with Gasteiger partial charge in [0.05, 0.1) is 5.71 Å². The van der Waals surface area contributed by atoms with Gasteiger partial charge in [-0.05, 0) is 99.6 Å². The number of aromatic hydroxyl groups is 2. The highest BCUT2D eigenvalue weighted by atomic mass is 16.4. The zero-order chi connectivity index (χ0) is 29.5. The van der Waals surface area contributed by atoms with Gasteiger partial charge in [-0.25, -0.2) is 0 Å². The van der Waals surface area contributed by atoms with Crippen LogP contribution < -0.4 is 0 Å². The summed E-state index contributed by atoms with van der Waals surface area (Å²) in [7, 11) is 0. The molecule has 2 rings (SSSR count). The van der Waals surface area contributed by atoms with Crippen LogP contribution in [0.5, 0.6) is 11.5 Å². The average molecular weight is 566 g/mol. The molecule has 0 aliphatic rings. The van der Waals surface area contributed by atoms with E-state index in [1.54, 1.807) is 0 Å². The first-order valence-corrected chi connectivity index (χ1v) is 16.8. The Morgan fingerprint density at radius 3 is 1.12 bits per heavy atom. The van der Waals surface area contributed by atoms with E-state index in [0.717, 1.165) is 55.4 Å². The summed E-state index contributed by atoms with van der Waals surface area (Å²) in [4.78, 5) is 0. The molecule has 0 atom stereocenters. The van der Waals surface area contributed by atoms with Crippen LogP contribution in [0.4, 0.5) is 0 Å². The van der Waals surface area contributed by atoms with Gasteiger partial charge in [0.15, 0.2) is 0 Å². The Hall–Kier alpha value is -2.49. The summed E-state index contributed by atoms with van der Waals surface area (Å²) in [6, 6.07) is 12.1. The standard InChI is InChI=1S/C37H59NO3/c1-31-25-27-33(29-36(31)39)21-17-13-9-5-3-7-11-15-19-23-35(38-41)24-20-16-12-8-4-6-10-14-18-22-34-28-26-32(2)37(40)30-34/h25-30,39-41H,3-24H2,1-2H3. The Labute approximate surface area is 251 Å². The van der Waals surface area contributed by atoms with Crippen molar-refractivity contribution in [1.82, 2.24) is 0 Å². The summed E-state index contributed by atoms with van der Waals surface area (Å²) < 4.78 is 0. The summed E-state index contributed by atoms with van der Waals surface area (Å²) in [5.74, 6) is 0.838. The van der Waals surface area contributed by atoms with Crippen LogP contribution in [0.25, 0.3) is 0 Å². The van der Waals surface area contributed by atoms with Gasteiger partial charge in [-0.3, -0.25) is 0 Å². The first-order valence-electron chi connectivity index (χ1n) is 16.8. The highest BCUT2D eigenvalue weighted by Crippen LogP contribution is 2.21. The molecule has 0 radical (unpaired) electrons. The number of unbranched alkanes of at least 4 members (excludes halogenated alkanes) is 16. The molecule has 3 N–H and O–H groups in total. The van der Waals surface area contributed by atoms with Crippen molar-refractivity contribution in [3.63, 3.8) is 0 Å². The first kappa shape index (κ1) is 34.7. The lowest BCUT2D eigenvalue weighted by Crippen LogP contribution is -1.99. The molecule has 0 aliphatic heterocycles. The van der Waals surface area contributed by atoms with Gasteiger partial charge in [0.25, 0.3) is 0 Å². The number of oxime groups is 1. The fourth-order valence-corrected chi connectivity index (χ4v) is 5.64. The number of aryl methyl sites for hydroxylation is 4. The maximum absolute atomic E-state index is 9.81. The van der Waals surface area contributed by atoms with Crippen molar-refractivity contribution < 1.29 is 15.4 Å². The number of phenolic OH excluding ortho intramolecular Hbond substituents is 2. The predicted octanol–water partition coefficient (Wildman–Crippen LogP) is 11.1. The largest absolute Gasteiger partial charge is 0.508 e. The molecule has 4 nitrogen and oxygen atoms in total. The van der Waals surface area contributed by atoms with Crippen molar-refractivity contribution in [3.8, 4) is 11.5 Å². The molecular formula is C37H59NO3. The number of phenols is 2. The summed E-state index contributed by atoms with van der Waals surface area (Å²) in [6.07, 6.45) is 26.9. The molecule has 0 bridgehead atoms. The first-order chi connectivity index (χ1) is 20.0. The van der Waals surface area contributed by atoms with Crippen molar-refractivity contribution in [1.29, 1.82) is 0 Å². The van der Waals surface area contributed by atoms with Crippen LogP contribution in [0.1, 0.15) is 151 Å². The van der Waals surface area contributed by atoms with Gasteiger partial charge in [-0.15, -0.1) is 0 Å². The van der Waals surface area contributed by atoms with Gasteiger partial charge in [-0.1, -0.05) is 119 Å². The molecule has 0 aromatic heterocycles. The fourth-order valence-electron chi connectivity index (χ4n) is 5.64. The van der Waals surface area contributed by atoms with Crippen molar-refractivity contribution in [2.45, 2.75) is 155 Å². The van der Waals surface area contributed by atoms with Crippen LogP contribution in [-0.4, -0.2) is 21.1 Å². The Bertz CT molecular complexity index is 909. The van der Waals surface area contributed by atoms with Gasteiger partial charge < -0.3 is 15.4 Å². The minimum absolute atomic E-state index is 0.419. The molecule has 0 unspecified atom stereocenters. The van der Waals surface area contributed by atoms with Gasteiger partial charge in [0.1, 0.15) is 11.5 Å². The van der Waals surface area contributed by atoms with E-state index in [9.17, 15) is 15.4 Å². The quantitative estimate of drug-likeness (QED) is 0.0513. The number of hydrogen-bond donors (Lipinski definition) is 3. The normalized spacial score (nSPS) is 11.2. The van der Waals surface area contributed by atoms with Crippen LogP contribution >= 0.6 is 0 Å². The third-order valence-electron chi connectivity index (χ3n) is 8.55. The van der Waals surface area contributed by atoms with Crippen LogP contribution in [0.3, 0.4) is 0 Å². The molecule has 230 valence electrons. The monoisotopic (exact) mass is 565 g/mol. The highest BCUT2D eigenvalue weighted by molar-refractivity contribution is 5.83. The van der Waals surface area contributed by atoms with Crippen molar-refractivity contribution >= 4 is 5.71 Å². The fraction of sp³-hybridized carbons (Fsp3) is 0.649. The molecule has 0 saturated carbocycles. The number of rotatable bonds is 24. The maximum atomic E-state index is 9.81. The zero-order valence-electron chi connectivity index (χ0n) is 26.3. The molecular weight excluding hydrogens is 506 g/mol. The van der Waals surface area contributed by atoms with Gasteiger partial charge in [0, 0.05) is 0 Å². The molecule has 0 spiro atoms. The molecule has 0 fully saturated rings. The van der Waals surface area contributed by atoms with Crippen molar-refractivity contribution in [2.24, 2.45) is 5.16 Å². The van der Waals surface area contributed by atoms with Gasteiger partial charge >= 0.3 is 0 Å². The summed E-state index contributed by atoms with van der Waals surface area (Å²) >= 11 is 0. The van der Waals surface area contributed by atoms with E-state index in [2.05, 4.69) is 17.3 Å². The van der Waals surface area contributed by atoms with E-state index in [-0.39, 0.29) is 0 Å². The minimum atomic E-state index is 0.419. The Kier molecular flexibility index (Phi) is 18.8. The third-order valence-corrected chi connectivity index (χ3v) is 8.55. The molecule has 0 saturated heterocycles. The minimum Gasteiger partial charge on any atom is -0.508 e. The van der Waals surface area contributed by atoms with E-state index in [4.69, 9.17) is 0 Å². The molecule has 0 aliphatic carbocycles. The van der Waals surface area contributed by atoms with E-state index in [0.29, 0.717) is 11.5 Å². The lowest BCUT2D eigenvalue weighted by Gasteiger charge is -2.06. The second-order valence-electron chi connectivity index (χ2n) is 12.3. The van der Waals surface area contributed by atoms with Gasteiger partial charge in [-0.2, -0.15) is 0 Å². The van der Waals surface area contributed by atoms with E-state index < -0.39 is 0 Å². The molecule has 2 aromatic rings. The maximum Gasteiger partial charge on any atom is 0.118 e. The van der Waals surface area contributed by atoms with Crippen molar-refractivity contribution in [3.05, 3.63) is 58.7 Å². The average Bonchev–Trinajstić information content (AvgIpc) is 2.97. The van der Waals surface area contributed by atoms with Crippen molar-refractivity contribution in [2.75, 3.05) is 0 Å². The Balaban J connectivity index is 1.31. The third kappa shape index (κ3) is 16.5. The number of hydrogen-bond acceptors (Lipinski definition) is 4. The molecule has 41 heavy (non-hydrogen) atoms. The van der Waals surface area contributed by atoms with E-state index >= 15 is 0 Å². The zero-order valence-corrected chi connectivity index (χ0v) is 26.3. The second-order valence-corrected chi connectivity index (χ2v) is 12.3. The second kappa shape index (κ2) is 22.2. The lowest BCUT2D eigenvalue weighted by atomic mass is 10.0. The van der Waals surface area contributed by atoms with E-state index in [1.807, 2.05) is 38.1 Å². The number of nitrogens with zero attached hydrogens (tertiary/aromatic N) is 1. The Morgan fingerprint density at radius 1 is 0.488 bits per heavy atom. The molecule has 0 heterocycles. The summed E-state index contributed by atoms with van der Waals surface area (Å²) in [5, 5.41) is 32.6. The molecule has 2 aromatic carbocycles. The van der Waals surface area contributed by atoms with E-state index in [1.165, 1.54) is 114 Å².